The average Bonchev–Trinajstić information content (AvgIpc) is 2.11. The van der Waals surface area contributed by atoms with Crippen LogP contribution in [0.5, 0.6) is 0 Å². The number of aliphatic hydroxyl groups excluding tert-OH is 4. The Balaban J connectivity index is 2.01. The van der Waals surface area contributed by atoms with E-state index >= 15 is 0 Å². The van der Waals surface area contributed by atoms with Gasteiger partial charge in [-0.2, -0.15) is 0 Å². The third kappa shape index (κ3) is 1.80. The molecule has 0 radical (unpaired) electrons. The fourth-order valence-electron chi connectivity index (χ4n) is 2.83. The average molecular weight is 202 g/mol. The Bertz CT molecular complexity index is 166. The summed E-state index contributed by atoms with van der Waals surface area (Å²) in [6, 6.07) is 0. The Morgan fingerprint density at radius 3 is 0.929 bits per heavy atom. The molecule has 2 saturated carbocycles. The Morgan fingerprint density at radius 1 is 0.500 bits per heavy atom. The maximum atomic E-state index is 9.47. The van der Waals surface area contributed by atoms with Crippen molar-refractivity contribution in [3.8, 4) is 0 Å². The molecule has 0 bridgehead atoms. The molecule has 0 heterocycles. The molecule has 4 nitrogen and oxygen atoms in total. The van der Waals surface area contributed by atoms with Crippen LogP contribution in [0, 0.1) is 11.8 Å². The van der Waals surface area contributed by atoms with Crippen molar-refractivity contribution in [1.82, 2.24) is 0 Å². The smallest absolute Gasteiger partial charge is 0.0802 e. The Labute approximate surface area is 83.2 Å². The SMILES string of the molecule is OC1CC2CC(O)C(O)CC2CC1O. The van der Waals surface area contributed by atoms with Gasteiger partial charge in [0.2, 0.25) is 0 Å². The van der Waals surface area contributed by atoms with E-state index in [1.54, 1.807) is 0 Å². The lowest BCUT2D eigenvalue weighted by molar-refractivity contribution is -0.106. The zero-order valence-corrected chi connectivity index (χ0v) is 8.08. The van der Waals surface area contributed by atoms with E-state index in [1.165, 1.54) is 0 Å². The highest BCUT2D eigenvalue weighted by atomic mass is 16.3. The van der Waals surface area contributed by atoms with Crippen LogP contribution in [0.3, 0.4) is 0 Å². The minimum Gasteiger partial charge on any atom is -0.390 e. The van der Waals surface area contributed by atoms with Gasteiger partial charge in [-0.1, -0.05) is 0 Å². The molecule has 0 spiro atoms. The van der Waals surface area contributed by atoms with Crippen LogP contribution < -0.4 is 0 Å². The molecular weight excluding hydrogens is 184 g/mol. The molecule has 0 amide bonds. The van der Waals surface area contributed by atoms with Gasteiger partial charge in [0.15, 0.2) is 0 Å². The third-order valence-corrected chi connectivity index (χ3v) is 3.73. The number of fused-ring (bicyclic) bond motifs is 1. The van der Waals surface area contributed by atoms with Gasteiger partial charge in [-0.15, -0.1) is 0 Å². The van der Waals surface area contributed by atoms with Crippen molar-refractivity contribution < 1.29 is 20.4 Å². The summed E-state index contributed by atoms with van der Waals surface area (Å²) in [6.45, 7) is 0. The number of hydrogen-bond donors (Lipinski definition) is 4. The van der Waals surface area contributed by atoms with E-state index in [1.807, 2.05) is 0 Å². The second kappa shape index (κ2) is 3.77. The predicted octanol–water partition coefficient (Wildman–Crippen LogP) is -0.750. The topological polar surface area (TPSA) is 80.9 Å². The van der Waals surface area contributed by atoms with Gasteiger partial charge in [0.25, 0.3) is 0 Å². The third-order valence-electron chi connectivity index (χ3n) is 3.73. The van der Waals surface area contributed by atoms with E-state index in [2.05, 4.69) is 0 Å². The maximum Gasteiger partial charge on any atom is 0.0802 e. The lowest BCUT2D eigenvalue weighted by Gasteiger charge is -2.43. The molecule has 2 rings (SSSR count). The zero-order chi connectivity index (χ0) is 10.3. The quantitative estimate of drug-likeness (QED) is 0.416. The number of aliphatic hydroxyl groups is 4. The van der Waals surface area contributed by atoms with E-state index in [0.717, 1.165) is 0 Å². The monoisotopic (exact) mass is 202 g/mol. The van der Waals surface area contributed by atoms with Crippen molar-refractivity contribution in [2.24, 2.45) is 11.8 Å². The molecule has 4 atom stereocenters. The molecule has 2 aliphatic rings. The van der Waals surface area contributed by atoms with E-state index in [4.69, 9.17) is 0 Å². The van der Waals surface area contributed by atoms with Crippen molar-refractivity contribution in [2.45, 2.75) is 50.1 Å². The summed E-state index contributed by atoms with van der Waals surface area (Å²) in [4.78, 5) is 0. The van der Waals surface area contributed by atoms with Crippen molar-refractivity contribution in [3.05, 3.63) is 0 Å². The van der Waals surface area contributed by atoms with Crippen LogP contribution in [-0.2, 0) is 0 Å². The van der Waals surface area contributed by atoms with Gasteiger partial charge in [-0.3, -0.25) is 0 Å². The minimum atomic E-state index is -0.654. The molecular formula is C10H18O4. The first-order valence-electron chi connectivity index (χ1n) is 5.30. The lowest BCUT2D eigenvalue weighted by atomic mass is 9.67. The zero-order valence-electron chi connectivity index (χ0n) is 8.08. The van der Waals surface area contributed by atoms with Gasteiger partial charge >= 0.3 is 0 Å². The molecule has 82 valence electrons. The first kappa shape index (κ1) is 10.4. The van der Waals surface area contributed by atoms with Crippen LogP contribution in [0.4, 0.5) is 0 Å². The van der Waals surface area contributed by atoms with E-state index in [0.29, 0.717) is 25.7 Å². The van der Waals surface area contributed by atoms with Crippen molar-refractivity contribution in [2.75, 3.05) is 0 Å². The number of hydrogen-bond acceptors (Lipinski definition) is 4. The van der Waals surface area contributed by atoms with Crippen LogP contribution in [0.25, 0.3) is 0 Å². The highest BCUT2D eigenvalue weighted by Crippen LogP contribution is 2.40. The van der Waals surface area contributed by atoms with Gasteiger partial charge in [0.05, 0.1) is 24.4 Å². The van der Waals surface area contributed by atoms with E-state index < -0.39 is 24.4 Å². The Morgan fingerprint density at radius 2 is 0.714 bits per heavy atom. The molecule has 2 aliphatic carbocycles. The normalized spacial score (nSPS) is 54.0. The second-order valence-corrected chi connectivity index (χ2v) is 4.73. The van der Waals surface area contributed by atoms with E-state index in [-0.39, 0.29) is 11.8 Å². The summed E-state index contributed by atoms with van der Waals surface area (Å²) >= 11 is 0. The molecule has 2 fully saturated rings. The molecule has 0 aromatic rings. The molecule has 0 aliphatic heterocycles. The summed E-state index contributed by atoms with van der Waals surface area (Å²) in [7, 11) is 0. The van der Waals surface area contributed by atoms with Crippen LogP contribution in [-0.4, -0.2) is 44.8 Å². The molecule has 0 saturated heterocycles. The van der Waals surface area contributed by atoms with Crippen LogP contribution in [0.1, 0.15) is 25.7 Å². The molecule has 0 aromatic heterocycles. The largest absolute Gasteiger partial charge is 0.390 e. The lowest BCUT2D eigenvalue weighted by Crippen LogP contribution is -2.47. The molecule has 14 heavy (non-hydrogen) atoms. The van der Waals surface area contributed by atoms with Crippen LogP contribution in [0.2, 0.25) is 0 Å². The molecule has 4 heteroatoms. The molecule has 4 N–H and O–H groups in total. The summed E-state index contributed by atoms with van der Waals surface area (Å²) < 4.78 is 0. The van der Waals surface area contributed by atoms with Gasteiger partial charge in [0, 0.05) is 0 Å². The van der Waals surface area contributed by atoms with Crippen molar-refractivity contribution in [3.63, 3.8) is 0 Å². The Kier molecular flexibility index (Phi) is 2.79. The van der Waals surface area contributed by atoms with Gasteiger partial charge in [0.1, 0.15) is 0 Å². The van der Waals surface area contributed by atoms with Gasteiger partial charge in [-0.25, -0.2) is 0 Å². The summed E-state index contributed by atoms with van der Waals surface area (Å²) in [5.74, 6) is 0.513. The fraction of sp³-hybridized carbons (Fsp3) is 1.00. The van der Waals surface area contributed by atoms with Crippen LogP contribution in [0.15, 0.2) is 0 Å². The van der Waals surface area contributed by atoms with E-state index in [9.17, 15) is 20.4 Å². The van der Waals surface area contributed by atoms with Crippen LogP contribution >= 0.6 is 0 Å². The summed E-state index contributed by atoms with van der Waals surface area (Å²) in [5.41, 5.74) is 0. The summed E-state index contributed by atoms with van der Waals surface area (Å²) in [6.07, 6.45) is -0.411. The molecule has 0 aromatic carbocycles. The summed E-state index contributed by atoms with van der Waals surface area (Å²) in [5, 5.41) is 37.9. The highest BCUT2D eigenvalue weighted by Gasteiger charge is 2.41. The first-order chi connectivity index (χ1) is 6.58. The Hall–Kier alpha value is -0.160. The second-order valence-electron chi connectivity index (χ2n) is 4.73. The number of rotatable bonds is 0. The van der Waals surface area contributed by atoms with Crippen molar-refractivity contribution in [1.29, 1.82) is 0 Å². The minimum absolute atomic E-state index is 0.256. The fourth-order valence-corrected chi connectivity index (χ4v) is 2.83. The maximum absolute atomic E-state index is 9.47. The standard InChI is InChI=1S/C10H18O4/c11-7-1-5-2-9(13)10(14)4-6(5)3-8(7)12/h5-14H,1-4H2. The predicted molar refractivity (Wildman–Crippen MR) is 49.5 cm³/mol. The van der Waals surface area contributed by atoms with Crippen molar-refractivity contribution >= 4 is 0 Å². The van der Waals surface area contributed by atoms with Gasteiger partial charge < -0.3 is 20.4 Å². The molecule has 4 unspecified atom stereocenters. The van der Waals surface area contributed by atoms with Gasteiger partial charge in [-0.05, 0) is 37.5 Å². The first-order valence-corrected chi connectivity index (χ1v) is 5.30. The highest BCUT2D eigenvalue weighted by molar-refractivity contribution is 4.92.